The summed E-state index contributed by atoms with van der Waals surface area (Å²) in [5.41, 5.74) is 3.41. The molecule has 0 aliphatic carbocycles. The minimum atomic E-state index is -3.42. The van der Waals surface area contributed by atoms with Crippen LogP contribution in [0.2, 0.25) is 0 Å². The Hall–Kier alpha value is -4.55. The third-order valence-electron chi connectivity index (χ3n) is 6.88. The predicted molar refractivity (Wildman–Crippen MR) is 152 cm³/mol. The molecule has 0 unspecified atom stereocenters. The Morgan fingerprint density at radius 2 is 1.95 bits per heavy atom. The summed E-state index contributed by atoms with van der Waals surface area (Å²) in [6.45, 7) is 4.08. The van der Waals surface area contributed by atoms with Crippen LogP contribution in [0.15, 0.2) is 78.0 Å². The number of carbonyl (C=O) groups is 1. The minimum absolute atomic E-state index is 0.0956. The summed E-state index contributed by atoms with van der Waals surface area (Å²) in [6, 6.07) is 17.5. The SMILES string of the molecule is C[C@@H]1COCCN1c1cc(-c2ccc(NC(=O)c3cccc(S(C)(=O)=O)c3)cc2)c2cnn(-c3ccn[nH]3)c2n1. The summed E-state index contributed by atoms with van der Waals surface area (Å²) in [4.78, 5) is 20.2. The number of nitrogens with one attached hydrogen (secondary N) is 2. The maximum Gasteiger partial charge on any atom is 0.255 e. The summed E-state index contributed by atoms with van der Waals surface area (Å²) in [5.74, 6) is 1.13. The fourth-order valence-electron chi connectivity index (χ4n) is 4.79. The highest BCUT2D eigenvalue weighted by molar-refractivity contribution is 7.90. The molecule has 4 heterocycles. The van der Waals surface area contributed by atoms with Gasteiger partial charge in [-0.1, -0.05) is 18.2 Å². The highest BCUT2D eigenvalue weighted by Gasteiger charge is 2.23. The molecule has 1 amide bonds. The largest absolute Gasteiger partial charge is 0.377 e. The number of sulfone groups is 1. The predicted octanol–water partition coefficient (Wildman–Crippen LogP) is 3.69. The van der Waals surface area contributed by atoms with Crippen molar-refractivity contribution in [1.82, 2.24) is 25.0 Å². The van der Waals surface area contributed by atoms with Crippen molar-refractivity contribution in [3.63, 3.8) is 0 Å². The molecule has 0 spiro atoms. The van der Waals surface area contributed by atoms with Crippen molar-refractivity contribution in [1.29, 1.82) is 0 Å². The van der Waals surface area contributed by atoms with E-state index in [9.17, 15) is 13.2 Å². The standard InChI is InChI=1S/C28H27N7O4S/c1-18-17-39-13-12-34(18)26-15-23(24-16-30-35(27(24)32-26)25-10-11-29-33-25)19-6-8-21(9-7-19)31-28(36)20-4-3-5-22(14-20)40(2,37)38/h3-11,14-16,18H,12-13,17H2,1-2H3,(H,29,33)(H,31,36)/t18-/m1/s1. The highest BCUT2D eigenvalue weighted by atomic mass is 32.2. The number of hydrogen-bond acceptors (Lipinski definition) is 8. The molecule has 40 heavy (non-hydrogen) atoms. The number of amides is 1. The molecule has 1 saturated heterocycles. The lowest BCUT2D eigenvalue weighted by Crippen LogP contribution is -2.44. The van der Waals surface area contributed by atoms with Crippen LogP contribution < -0.4 is 10.2 Å². The van der Waals surface area contributed by atoms with E-state index in [1.807, 2.05) is 30.3 Å². The molecule has 0 radical (unpaired) electrons. The summed E-state index contributed by atoms with van der Waals surface area (Å²) in [7, 11) is -3.42. The number of anilines is 2. The third kappa shape index (κ3) is 4.94. The maximum atomic E-state index is 12.8. The van der Waals surface area contributed by atoms with Gasteiger partial charge in [0.05, 0.1) is 36.5 Å². The van der Waals surface area contributed by atoms with Crippen LogP contribution in [-0.2, 0) is 14.6 Å². The van der Waals surface area contributed by atoms with Crippen LogP contribution >= 0.6 is 0 Å². The minimum Gasteiger partial charge on any atom is -0.377 e. The van der Waals surface area contributed by atoms with Crippen molar-refractivity contribution in [2.75, 3.05) is 36.2 Å². The van der Waals surface area contributed by atoms with E-state index in [-0.39, 0.29) is 16.5 Å². The molecule has 1 atom stereocenters. The number of rotatable bonds is 6. The van der Waals surface area contributed by atoms with Crippen molar-refractivity contribution in [3.8, 4) is 16.9 Å². The van der Waals surface area contributed by atoms with E-state index in [2.05, 4.69) is 38.5 Å². The Morgan fingerprint density at radius 1 is 1.12 bits per heavy atom. The average molecular weight is 558 g/mol. The van der Waals surface area contributed by atoms with Crippen LogP contribution in [0.1, 0.15) is 17.3 Å². The van der Waals surface area contributed by atoms with Crippen LogP contribution in [0, 0.1) is 0 Å². The Morgan fingerprint density at radius 3 is 2.67 bits per heavy atom. The first kappa shape index (κ1) is 25.7. The van der Waals surface area contributed by atoms with Gasteiger partial charge in [0.1, 0.15) is 5.82 Å². The van der Waals surface area contributed by atoms with Crippen LogP contribution in [0.3, 0.4) is 0 Å². The zero-order chi connectivity index (χ0) is 27.9. The van der Waals surface area contributed by atoms with Gasteiger partial charge in [-0.2, -0.15) is 14.9 Å². The number of benzene rings is 2. The molecule has 2 N–H and O–H groups in total. The van der Waals surface area contributed by atoms with Crippen LogP contribution in [0.25, 0.3) is 28.0 Å². The van der Waals surface area contributed by atoms with Crippen molar-refractivity contribution in [2.24, 2.45) is 0 Å². The summed E-state index contributed by atoms with van der Waals surface area (Å²) >= 11 is 0. The van der Waals surface area contributed by atoms with E-state index in [0.717, 1.165) is 35.1 Å². The van der Waals surface area contributed by atoms with Crippen molar-refractivity contribution < 1.29 is 17.9 Å². The van der Waals surface area contributed by atoms with Gasteiger partial charge in [0.15, 0.2) is 21.3 Å². The smallest absolute Gasteiger partial charge is 0.255 e. The molecule has 3 aromatic heterocycles. The molecule has 11 nitrogen and oxygen atoms in total. The van der Waals surface area contributed by atoms with E-state index < -0.39 is 15.7 Å². The van der Waals surface area contributed by atoms with Gasteiger partial charge in [0, 0.05) is 35.5 Å². The zero-order valence-corrected chi connectivity index (χ0v) is 22.7. The van der Waals surface area contributed by atoms with Gasteiger partial charge in [0.25, 0.3) is 5.91 Å². The highest BCUT2D eigenvalue weighted by Crippen LogP contribution is 2.34. The average Bonchev–Trinajstić information content (AvgIpc) is 3.63. The molecule has 204 valence electrons. The molecule has 0 saturated carbocycles. The second-order valence-corrected chi connectivity index (χ2v) is 11.7. The topological polar surface area (TPSA) is 135 Å². The Labute approximate surface area is 230 Å². The number of ether oxygens (including phenoxy) is 1. The second-order valence-electron chi connectivity index (χ2n) is 9.71. The first-order chi connectivity index (χ1) is 19.3. The zero-order valence-electron chi connectivity index (χ0n) is 21.9. The van der Waals surface area contributed by atoms with E-state index in [1.54, 1.807) is 29.2 Å². The second kappa shape index (κ2) is 10.2. The first-order valence-electron chi connectivity index (χ1n) is 12.7. The lowest BCUT2D eigenvalue weighted by atomic mass is 10.0. The van der Waals surface area contributed by atoms with Gasteiger partial charge in [-0.05, 0) is 54.4 Å². The van der Waals surface area contributed by atoms with Crippen molar-refractivity contribution in [3.05, 3.63) is 78.6 Å². The summed E-state index contributed by atoms with van der Waals surface area (Å²) in [5, 5.41) is 15.3. The fraction of sp³-hybridized carbons (Fsp3) is 0.214. The number of pyridine rings is 1. The van der Waals surface area contributed by atoms with E-state index in [1.165, 1.54) is 12.1 Å². The number of aromatic nitrogens is 5. The molecular weight excluding hydrogens is 530 g/mol. The van der Waals surface area contributed by atoms with Crippen LogP contribution in [-0.4, -0.2) is 71.3 Å². The Kier molecular flexibility index (Phi) is 6.56. The van der Waals surface area contributed by atoms with E-state index in [0.29, 0.717) is 30.4 Å². The third-order valence-corrected chi connectivity index (χ3v) is 7.99. The quantitative estimate of drug-likeness (QED) is 0.323. The molecule has 1 aliphatic rings. The van der Waals surface area contributed by atoms with Gasteiger partial charge in [-0.3, -0.25) is 9.89 Å². The Bertz CT molecular complexity index is 1800. The maximum absolute atomic E-state index is 12.8. The number of carbonyl (C=O) groups excluding carboxylic acids is 1. The number of fused-ring (bicyclic) bond motifs is 1. The summed E-state index contributed by atoms with van der Waals surface area (Å²) < 4.78 is 31.1. The number of nitrogens with zero attached hydrogens (tertiary/aromatic N) is 5. The van der Waals surface area contributed by atoms with Gasteiger partial charge in [0.2, 0.25) is 0 Å². The van der Waals surface area contributed by atoms with Crippen molar-refractivity contribution >= 4 is 38.3 Å². The fourth-order valence-corrected chi connectivity index (χ4v) is 5.45. The molecule has 2 aromatic carbocycles. The van der Waals surface area contributed by atoms with E-state index in [4.69, 9.17) is 9.72 Å². The normalized spacial score (nSPS) is 15.8. The van der Waals surface area contributed by atoms with Gasteiger partial charge in [-0.15, -0.1) is 0 Å². The molecule has 6 rings (SSSR count). The number of H-pyrrole nitrogens is 1. The van der Waals surface area contributed by atoms with Crippen LogP contribution in [0.4, 0.5) is 11.5 Å². The molecule has 12 heteroatoms. The number of hydrogen-bond donors (Lipinski definition) is 2. The van der Waals surface area contributed by atoms with E-state index >= 15 is 0 Å². The van der Waals surface area contributed by atoms with Gasteiger partial charge in [-0.25, -0.2) is 13.4 Å². The van der Waals surface area contributed by atoms with Crippen molar-refractivity contribution in [2.45, 2.75) is 17.9 Å². The van der Waals surface area contributed by atoms with Gasteiger partial charge < -0.3 is 15.0 Å². The molecule has 0 bridgehead atoms. The molecular formula is C28H27N7O4S. The lowest BCUT2D eigenvalue weighted by Gasteiger charge is -2.34. The monoisotopic (exact) mass is 557 g/mol. The lowest BCUT2D eigenvalue weighted by molar-refractivity contribution is 0.0985. The molecule has 1 aliphatic heterocycles. The van der Waals surface area contributed by atoms with Crippen LogP contribution in [0.5, 0.6) is 0 Å². The van der Waals surface area contributed by atoms with Gasteiger partial charge >= 0.3 is 0 Å². The molecule has 5 aromatic rings. The Balaban J connectivity index is 1.35. The number of morpholine rings is 1. The number of aromatic amines is 1. The molecule has 1 fully saturated rings. The summed E-state index contributed by atoms with van der Waals surface area (Å²) in [6.07, 6.45) is 4.57. The first-order valence-corrected chi connectivity index (χ1v) is 14.6.